The summed E-state index contributed by atoms with van der Waals surface area (Å²) >= 11 is 0. The standard InChI is InChI=1S/C9H13NO3/c1-5(2)6(3)7-4-8(9(11)12)13-10-7/h4-6H,1-3H3,(H,11,12). The van der Waals surface area contributed by atoms with Gasteiger partial charge in [0, 0.05) is 12.0 Å². The summed E-state index contributed by atoms with van der Waals surface area (Å²) in [7, 11) is 0. The van der Waals surface area contributed by atoms with Crippen LogP contribution in [0.15, 0.2) is 10.6 Å². The van der Waals surface area contributed by atoms with Crippen molar-refractivity contribution in [1.82, 2.24) is 5.16 Å². The highest BCUT2D eigenvalue weighted by Crippen LogP contribution is 2.22. The molecular formula is C9H13NO3. The van der Waals surface area contributed by atoms with Crippen molar-refractivity contribution in [3.63, 3.8) is 0 Å². The molecule has 1 heterocycles. The Morgan fingerprint density at radius 1 is 1.54 bits per heavy atom. The molecule has 0 spiro atoms. The van der Waals surface area contributed by atoms with E-state index in [0.29, 0.717) is 11.6 Å². The van der Waals surface area contributed by atoms with Crippen LogP contribution in [0, 0.1) is 5.92 Å². The normalized spacial score (nSPS) is 13.2. The molecule has 1 atom stereocenters. The number of aromatic nitrogens is 1. The van der Waals surface area contributed by atoms with Crippen LogP contribution in [0.5, 0.6) is 0 Å². The number of carboxylic acid groups (broad SMARTS) is 1. The number of hydrogen-bond acceptors (Lipinski definition) is 3. The van der Waals surface area contributed by atoms with Gasteiger partial charge in [-0.05, 0) is 5.92 Å². The third-order valence-corrected chi connectivity index (χ3v) is 2.21. The zero-order valence-corrected chi connectivity index (χ0v) is 7.94. The van der Waals surface area contributed by atoms with E-state index in [1.54, 1.807) is 0 Å². The lowest BCUT2D eigenvalue weighted by Gasteiger charge is -2.10. The minimum Gasteiger partial charge on any atom is -0.475 e. The maximum Gasteiger partial charge on any atom is 0.374 e. The molecule has 0 saturated heterocycles. The van der Waals surface area contributed by atoms with Crippen LogP contribution in [-0.4, -0.2) is 16.2 Å². The highest BCUT2D eigenvalue weighted by Gasteiger charge is 2.17. The molecule has 1 aromatic rings. The van der Waals surface area contributed by atoms with Crippen molar-refractivity contribution in [3.8, 4) is 0 Å². The molecule has 0 bridgehead atoms. The topological polar surface area (TPSA) is 63.3 Å². The first-order chi connectivity index (χ1) is 6.02. The predicted molar refractivity (Wildman–Crippen MR) is 46.7 cm³/mol. The fourth-order valence-electron chi connectivity index (χ4n) is 0.946. The van der Waals surface area contributed by atoms with Gasteiger partial charge in [0.1, 0.15) is 0 Å². The van der Waals surface area contributed by atoms with Crippen molar-refractivity contribution in [2.75, 3.05) is 0 Å². The van der Waals surface area contributed by atoms with Crippen LogP contribution in [0.2, 0.25) is 0 Å². The minimum absolute atomic E-state index is 0.0949. The van der Waals surface area contributed by atoms with Gasteiger partial charge in [-0.3, -0.25) is 0 Å². The van der Waals surface area contributed by atoms with E-state index >= 15 is 0 Å². The molecule has 4 nitrogen and oxygen atoms in total. The van der Waals surface area contributed by atoms with Crippen LogP contribution in [0.4, 0.5) is 0 Å². The van der Waals surface area contributed by atoms with Gasteiger partial charge in [-0.15, -0.1) is 0 Å². The van der Waals surface area contributed by atoms with Crippen LogP contribution < -0.4 is 0 Å². The molecule has 0 fully saturated rings. The number of rotatable bonds is 3. The molecule has 0 aliphatic heterocycles. The summed E-state index contributed by atoms with van der Waals surface area (Å²) in [5, 5.41) is 12.3. The van der Waals surface area contributed by atoms with Gasteiger partial charge < -0.3 is 9.63 Å². The van der Waals surface area contributed by atoms with E-state index in [1.165, 1.54) is 6.07 Å². The Hall–Kier alpha value is -1.32. The van der Waals surface area contributed by atoms with Gasteiger partial charge in [0.2, 0.25) is 5.76 Å². The summed E-state index contributed by atoms with van der Waals surface area (Å²) in [4.78, 5) is 10.5. The van der Waals surface area contributed by atoms with E-state index in [9.17, 15) is 4.79 Å². The van der Waals surface area contributed by atoms with E-state index in [0.717, 1.165) is 0 Å². The second-order valence-corrected chi connectivity index (χ2v) is 3.45. The quantitative estimate of drug-likeness (QED) is 0.779. The maximum atomic E-state index is 10.5. The summed E-state index contributed by atoms with van der Waals surface area (Å²) in [6, 6.07) is 1.48. The Bertz CT molecular complexity index is 304. The first kappa shape index (κ1) is 9.77. The van der Waals surface area contributed by atoms with Crippen LogP contribution in [0.1, 0.15) is 42.9 Å². The summed E-state index contributed by atoms with van der Waals surface area (Å²) in [5.41, 5.74) is 0.701. The minimum atomic E-state index is -1.07. The molecule has 1 unspecified atom stereocenters. The van der Waals surface area contributed by atoms with Gasteiger partial charge in [0.25, 0.3) is 0 Å². The van der Waals surface area contributed by atoms with Crippen LogP contribution >= 0.6 is 0 Å². The van der Waals surface area contributed by atoms with Gasteiger partial charge in [0.15, 0.2) is 0 Å². The predicted octanol–water partition coefficient (Wildman–Crippen LogP) is 2.13. The molecule has 0 aliphatic rings. The Balaban J connectivity index is 2.85. The molecule has 0 amide bonds. The summed E-state index contributed by atoms with van der Waals surface area (Å²) in [6.07, 6.45) is 0. The second-order valence-electron chi connectivity index (χ2n) is 3.45. The Morgan fingerprint density at radius 3 is 2.54 bits per heavy atom. The highest BCUT2D eigenvalue weighted by atomic mass is 16.5. The average Bonchev–Trinajstić information content (AvgIpc) is 2.50. The average molecular weight is 183 g/mol. The molecule has 72 valence electrons. The monoisotopic (exact) mass is 183 g/mol. The van der Waals surface area contributed by atoms with Crippen molar-refractivity contribution in [3.05, 3.63) is 17.5 Å². The van der Waals surface area contributed by atoms with E-state index in [2.05, 4.69) is 23.5 Å². The van der Waals surface area contributed by atoms with Crippen molar-refractivity contribution >= 4 is 5.97 Å². The highest BCUT2D eigenvalue weighted by molar-refractivity contribution is 5.84. The largest absolute Gasteiger partial charge is 0.475 e. The fraction of sp³-hybridized carbons (Fsp3) is 0.556. The summed E-state index contributed by atoms with van der Waals surface area (Å²) < 4.78 is 4.65. The Labute approximate surface area is 76.5 Å². The van der Waals surface area contributed by atoms with Crippen LogP contribution in [0.3, 0.4) is 0 Å². The van der Waals surface area contributed by atoms with Gasteiger partial charge in [0.05, 0.1) is 5.69 Å². The number of carboxylic acids is 1. The van der Waals surface area contributed by atoms with E-state index < -0.39 is 5.97 Å². The summed E-state index contributed by atoms with van der Waals surface area (Å²) in [6.45, 7) is 6.10. The van der Waals surface area contributed by atoms with Gasteiger partial charge >= 0.3 is 5.97 Å². The molecule has 0 radical (unpaired) electrons. The first-order valence-electron chi connectivity index (χ1n) is 4.22. The number of hydrogen-bond donors (Lipinski definition) is 1. The first-order valence-corrected chi connectivity index (χ1v) is 4.22. The molecule has 0 aromatic carbocycles. The van der Waals surface area contributed by atoms with E-state index in [-0.39, 0.29) is 11.7 Å². The molecular weight excluding hydrogens is 170 g/mol. The lowest BCUT2D eigenvalue weighted by Crippen LogP contribution is -2.02. The lowest BCUT2D eigenvalue weighted by molar-refractivity contribution is 0.0652. The van der Waals surface area contributed by atoms with Crippen molar-refractivity contribution in [2.24, 2.45) is 5.92 Å². The molecule has 0 aliphatic carbocycles. The molecule has 4 heteroatoms. The molecule has 1 rings (SSSR count). The maximum absolute atomic E-state index is 10.5. The molecule has 1 N–H and O–H groups in total. The van der Waals surface area contributed by atoms with Gasteiger partial charge in [-0.1, -0.05) is 25.9 Å². The van der Waals surface area contributed by atoms with Crippen molar-refractivity contribution in [1.29, 1.82) is 0 Å². The van der Waals surface area contributed by atoms with Crippen LogP contribution in [0.25, 0.3) is 0 Å². The zero-order chi connectivity index (χ0) is 10.0. The fourth-order valence-corrected chi connectivity index (χ4v) is 0.946. The van der Waals surface area contributed by atoms with Gasteiger partial charge in [-0.25, -0.2) is 4.79 Å². The second kappa shape index (κ2) is 3.60. The SMILES string of the molecule is CC(C)C(C)c1cc(C(=O)O)on1. The molecule has 1 aromatic heterocycles. The molecule has 13 heavy (non-hydrogen) atoms. The molecule has 0 saturated carbocycles. The smallest absolute Gasteiger partial charge is 0.374 e. The number of aromatic carboxylic acids is 1. The van der Waals surface area contributed by atoms with Crippen molar-refractivity contribution < 1.29 is 14.4 Å². The van der Waals surface area contributed by atoms with Gasteiger partial charge in [-0.2, -0.15) is 0 Å². The van der Waals surface area contributed by atoms with E-state index in [1.807, 2.05) is 6.92 Å². The van der Waals surface area contributed by atoms with E-state index in [4.69, 9.17) is 5.11 Å². The summed E-state index contributed by atoms with van der Waals surface area (Å²) in [5.74, 6) is -0.527. The van der Waals surface area contributed by atoms with Crippen molar-refractivity contribution in [2.45, 2.75) is 26.7 Å². The number of nitrogens with zero attached hydrogens (tertiary/aromatic N) is 1. The Kier molecular flexibility index (Phi) is 2.70. The van der Waals surface area contributed by atoms with Crippen LogP contribution in [-0.2, 0) is 0 Å². The lowest BCUT2D eigenvalue weighted by atomic mass is 9.95. The third-order valence-electron chi connectivity index (χ3n) is 2.21. The zero-order valence-electron chi connectivity index (χ0n) is 7.94. The third kappa shape index (κ3) is 2.08. The number of carbonyl (C=O) groups is 1. The Morgan fingerprint density at radius 2 is 2.15 bits per heavy atom.